The molecule has 1 aromatic carbocycles. The van der Waals surface area contributed by atoms with Gasteiger partial charge in [-0.1, -0.05) is 18.2 Å². The molecule has 1 unspecified atom stereocenters. The van der Waals surface area contributed by atoms with Gasteiger partial charge in [-0.15, -0.1) is 0 Å². The first-order valence-corrected chi connectivity index (χ1v) is 7.11. The molecule has 1 atom stereocenters. The molecule has 4 heteroatoms. The van der Waals surface area contributed by atoms with Crippen LogP contribution in [0.15, 0.2) is 42.7 Å². The van der Waals surface area contributed by atoms with E-state index < -0.39 is 0 Å². The van der Waals surface area contributed by atoms with Crippen molar-refractivity contribution in [2.24, 2.45) is 0 Å². The number of aryl methyl sites for hydroxylation is 1. The summed E-state index contributed by atoms with van der Waals surface area (Å²) in [5.74, 6) is 1.90. The molecule has 0 saturated carbocycles. The molecular weight excluding hydrogens is 252 g/mol. The van der Waals surface area contributed by atoms with E-state index in [1.165, 1.54) is 0 Å². The van der Waals surface area contributed by atoms with Crippen molar-refractivity contribution in [1.29, 1.82) is 0 Å². The van der Waals surface area contributed by atoms with Gasteiger partial charge in [0.1, 0.15) is 17.7 Å². The second-order valence-corrected chi connectivity index (χ2v) is 4.59. The minimum absolute atomic E-state index is 0.0324. The zero-order chi connectivity index (χ0) is 14.2. The summed E-state index contributed by atoms with van der Waals surface area (Å²) < 4.78 is 13.4. The highest BCUT2D eigenvalue weighted by molar-refractivity contribution is 5.20. The van der Waals surface area contributed by atoms with E-state index in [0.29, 0.717) is 13.2 Å². The Morgan fingerprint density at radius 1 is 1.25 bits per heavy atom. The lowest BCUT2D eigenvalue weighted by Gasteiger charge is -2.14. The predicted molar refractivity (Wildman–Crippen MR) is 78.8 cm³/mol. The Balaban J connectivity index is 1.78. The van der Waals surface area contributed by atoms with E-state index in [2.05, 4.69) is 9.55 Å². The maximum Gasteiger partial charge on any atom is 0.137 e. The zero-order valence-electron chi connectivity index (χ0n) is 12.2. The van der Waals surface area contributed by atoms with Crippen LogP contribution in [0.5, 0.6) is 5.75 Å². The number of benzene rings is 1. The van der Waals surface area contributed by atoms with Gasteiger partial charge in [-0.3, -0.25) is 0 Å². The van der Waals surface area contributed by atoms with Crippen LogP contribution in [0.3, 0.4) is 0 Å². The van der Waals surface area contributed by atoms with Crippen molar-refractivity contribution in [2.75, 3.05) is 13.2 Å². The van der Waals surface area contributed by atoms with Crippen LogP contribution in [-0.4, -0.2) is 22.8 Å². The molecule has 0 amide bonds. The number of hydrogen-bond acceptors (Lipinski definition) is 3. The summed E-state index contributed by atoms with van der Waals surface area (Å²) in [5.41, 5.74) is 0. The van der Waals surface area contributed by atoms with Crippen molar-refractivity contribution in [1.82, 2.24) is 9.55 Å². The largest absolute Gasteiger partial charge is 0.494 e. The van der Waals surface area contributed by atoms with Gasteiger partial charge in [0.25, 0.3) is 0 Å². The van der Waals surface area contributed by atoms with Gasteiger partial charge in [-0.2, -0.15) is 0 Å². The van der Waals surface area contributed by atoms with Gasteiger partial charge in [0.2, 0.25) is 0 Å². The highest BCUT2D eigenvalue weighted by atomic mass is 16.5. The molecule has 2 rings (SSSR count). The van der Waals surface area contributed by atoms with E-state index in [9.17, 15) is 0 Å². The quantitative estimate of drug-likeness (QED) is 0.692. The molecule has 0 fully saturated rings. The SMILES string of the molecule is CCOC(C)c1nccn1CCCOc1ccccc1. The van der Waals surface area contributed by atoms with Gasteiger partial charge in [0, 0.05) is 25.5 Å². The summed E-state index contributed by atoms with van der Waals surface area (Å²) in [6.45, 7) is 6.32. The molecule has 0 bridgehead atoms. The van der Waals surface area contributed by atoms with Gasteiger partial charge in [0.05, 0.1) is 6.61 Å². The number of rotatable bonds is 8. The van der Waals surface area contributed by atoms with Crippen LogP contribution in [-0.2, 0) is 11.3 Å². The first kappa shape index (κ1) is 14.6. The third-order valence-electron chi connectivity index (χ3n) is 3.08. The third kappa shape index (κ3) is 4.10. The smallest absolute Gasteiger partial charge is 0.137 e. The fourth-order valence-electron chi connectivity index (χ4n) is 2.13. The van der Waals surface area contributed by atoms with Gasteiger partial charge in [-0.05, 0) is 32.4 Å². The Bertz CT molecular complexity index is 496. The van der Waals surface area contributed by atoms with Crippen LogP contribution in [0.4, 0.5) is 0 Å². The molecule has 0 aliphatic heterocycles. The number of para-hydroxylation sites is 1. The van der Waals surface area contributed by atoms with Gasteiger partial charge in [0.15, 0.2) is 0 Å². The van der Waals surface area contributed by atoms with E-state index >= 15 is 0 Å². The number of ether oxygens (including phenoxy) is 2. The van der Waals surface area contributed by atoms with Crippen LogP contribution in [0.1, 0.15) is 32.2 Å². The standard InChI is InChI=1S/C16H22N2O2/c1-3-19-14(2)16-17-10-12-18(16)11-7-13-20-15-8-5-4-6-9-15/h4-6,8-10,12,14H,3,7,11,13H2,1-2H3. The molecule has 0 radical (unpaired) electrons. The molecule has 108 valence electrons. The summed E-state index contributed by atoms with van der Waals surface area (Å²) in [6, 6.07) is 9.89. The highest BCUT2D eigenvalue weighted by Gasteiger charge is 2.11. The Kier molecular flexibility index (Phi) is 5.62. The first-order chi connectivity index (χ1) is 9.81. The van der Waals surface area contributed by atoms with Crippen molar-refractivity contribution < 1.29 is 9.47 Å². The van der Waals surface area contributed by atoms with Crippen molar-refractivity contribution in [2.45, 2.75) is 32.9 Å². The van der Waals surface area contributed by atoms with E-state index in [1.807, 2.05) is 56.6 Å². The van der Waals surface area contributed by atoms with Crippen LogP contribution in [0.25, 0.3) is 0 Å². The van der Waals surface area contributed by atoms with Crippen molar-refractivity contribution in [3.05, 3.63) is 48.5 Å². The minimum atomic E-state index is 0.0324. The number of aromatic nitrogens is 2. The van der Waals surface area contributed by atoms with Crippen LogP contribution in [0.2, 0.25) is 0 Å². The molecule has 1 heterocycles. The average molecular weight is 274 g/mol. The molecular formula is C16H22N2O2. The maximum absolute atomic E-state index is 5.69. The lowest BCUT2D eigenvalue weighted by molar-refractivity contribution is 0.0672. The third-order valence-corrected chi connectivity index (χ3v) is 3.08. The zero-order valence-corrected chi connectivity index (χ0v) is 12.2. The fourth-order valence-corrected chi connectivity index (χ4v) is 2.13. The lowest BCUT2D eigenvalue weighted by Crippen LogP contribution is -2.11. The average Bonchev–Trinajstić information content (AvgIpc) is 2.93. The normalized spacial score (nSPS) is 12.3. The minimum Gasteiger partial charge on any atom is -0.494 e. The van der Waals surface area contributed by atoms with Crippen molar-refractivity contribution in [3.63, 3.8) is 0 Å². The summed E-state index contributed by atoms with van der Waals surface area (Å²) in [6.07, 6.45) is 4.79. The van der Waals surface area contributed by atoms with E-state index in [0.717, 1.165) is 24.5 Å². The summed E-state index contributed by atoms with van der Waals surface area (Å²) in [5, 5.41) is 0. The Hall–Kier alpha value is -1.81. The molecule has 20 heavy (non-hydrogen) atoms. The van der Waals surface area contributed by atoms with E-state index in [1.54, 1.807) is 0 Å². The van der Waals surface area contributed by atoms with Crippen LogP contribution in [0, 0.1) is 0 Å². The van der Waals surface area contributed by atoms with Gasteiger partial charge < -0.3 is 14.0 Å². The predicted octanol–water partition coefficient (Wildman–Crippen LogP) is 3.45. The molecule has 0 N–H and O–H groups in total. The summed E-state index contributed by atoms with van der Waals surface area (Å²) in [4.78, 5) is 4.37. The van der Waals surface area contributed by atoms with E-state index in [-0.39, 0.29) is 6.10 Å². The number of hydrogen-bond donors (Lipinski definition) is 0. The summed E-state index contributed by atoms with van der Waals surface area (Å²) >= 11 is 0. The Labute approximate surface area is 120 Å². The molecule has 2 aromatic rings. The second kappa shape index (κ2) is 7.70. The molecule has 4 nitrogen and oxygen atoms in total. The van der Waals surface area contributed by atoms with Crippen molar-refractivity contribution in [3.8, 4) is 5.75 Å². The van der Waals surface area contributed by atoms with Crippen LogP contribution >= 0.6 is 0 Å². The highest BCUT2D eigenvalue weighted by Crippen LogP contribution is 2.15. The van der Waals surface area contributed by atoms with Gasteiger partial charge >= 0.3 is 0 Å². The van der Waals surface area contributed by atoms with Crippen molar-refractivity contribution >= 4 is 0 Å². The lowest BCUT2D eigenvalue weighted by atomic mass is 10.3. The molecule has 0 aliphatic rings. The molecule has 0 aliphatic carbocycles. The first-order valence-electron chi connectivity index (χ1n) is 7.11. The Morgan fingerprint density at radius 2 is 2.05 bits per heavy atom. The van der Waals surface area contributed by atoms with Gasteiger partial charge in [-0.25, -0.2) is 4.98 Å². The molecule has 0 saturated heterocycles. The van der Waals surface area contributed by atoms with Crippen LogP contribution < -0.4 is 4.74 Å². The fraction of sp³-hybridized carbons (Fsp3) is 0.438. The van der Waals surface area contributed by atoms with E-state index in [4.69, 9.17) is 9.47 Å². The number of nitrogens with zero attached hydrogens (tertiary/aromatic N) is 2. The molecule has 1 aromatic heterocycles. The summed E-state index contributed by atoms with van der Waals surface area (Å²) in [7, 11) is 0. The second-order valence-electron chi connectivity index (χ2n) is 4.59. The molecule has 0 spiro atoms. The monoisotopic (exact) mass is 274 g/mol. The topological polar surface area (TPSA) is 36.3 Å². The Morgan fingerprint density at radius 3 is 2.80 bits per heavy atom. The maximum atomic E-state index is 5.69. The number of imidazole rings is 1.